The van der Waals surface area contributed by atoms with E-state index in [9.17, 15) is 13.6 Å². The molecule has 1 aromatic heterocycles. The molecule has 2 aromatic carbocycles. The largest absolute Gasteiger partial charge is 0.378 e. The second-order valence-electron chi connectivity index (χ2n) is 8.02. The Morgan fingerprint density at radius 1 is 0.941 bits per heavy atom. The molecule has 0 spiro atoms. The van der Waals surface area contributed by atoms with Gasteiger partial charge in [-0.1, -0.05) is 54.6 Å². The topological polar surface area (TPSA) is 66.8 Å². The summed E-state index contributed by atoms with van der Waals surface area (Å²) < 4.78 is 49.8. The normalized spacial score (nSPS) is 18.2. The molecule has 1 unspecified atom stereocenters. The molecule has 5 rings (SSSR count). The predicted molar refractivity (Wildman–Crippen MR) is 122 cm³/mol. The Bertz CT molecular complexity index is 1260. The number of Topliss-reactive ketones (excluding diaryl/α,β-unsaturated/α-hetero) is 1. The van der Waals surface area contributed by atoms with Crippen LogP contribution in [0.15, 0.2) is 59.6 Å². The number of nitrogens with one attached hydrogen (secondary N) is 1. The average Bonchev–Trinajstić information content (AvgIpc) is 3.01. The molecular formula is C25H21F3N4O2. The first-order valence-electron chi connectivity index (χ1n) is 10.9. The summed E-state index contributed by atoms with van der Waals surface area (Å²) in [7, 11) is 0. The number of carbonyl (C=O) groups is 1. The molecule has 6 nitrogen and oxygen atoms in total. The van der Waals surface area contributed by atoms with E-state index in [-0.39, 0.29) is 25.3 Å². The minimum atomic E-state index is -1.50. The van der Waals surface area contributed by atoms with Crippen LogP contribution in [0.3, 0.4) is 0 Å². The van der Waals surface area contributed by atoms with Crippen molar-refractivity contribution in [2.24, 2.45) is 4.99 Å². The third-order valence-corrected chi connectivity index (χ3v) is 5.86. The number of ketones is 1. The summed E-state index contributed by atoms with van der Waals surface area (Å²) in [5.41, 5.74) is 1.97. The summed E-state index contributed by atoms with van der Waals surface area (Å²) in [6.07, 6.45) is -1.33. The Balaban J connectivity index is 1.58. The molecule has 2 aliphatic rings. The third kappa shape index (κ3) is 4.14. The zero-order valence-electron chi connectivity index (χ0n) is 18.1. The van der Waals surface area contributed by atoms with E-state index >= 15 is 4.39 Å². The van der Waals surface area contributed by atoms with Crippen molar-refractivity contribution in [3.8, 4) is 0 Å². The van der Waals surface area contributed by atoms with Gasteiger partial charge in [-0.2, -0.15) is 13.8 Å². The van der Waals surface area contributed by atoms with E-state index in [2.05, 4.69) is 15.3 Å². The lowest BCUT2D eigenvalue weighted by atomic mass is 9.96. The zero-order chi connectivity index (χ0) is 23.7. The van der Waals surface area contributed by atoms with Crippen molar-refractivity contribution in [2.45, 2.75) is 12.6 Å². The van der Waals surface area contributed by atoms with E-state index in [1.165, 1.54) is 4.90 Å². The summed E-state index contributed by atoms with van der Waals surface area (Å²) in [6.45, 7) is 1.19. The van der Waals surface area contributed by atoms with E-state index in [0.29, 0.717) is 18.9 Å². The van der Waals surface area contributed by atoms with Crippen molar-refractivity contribution in [1.29, 1.82) is 0 Å². The number of morpholine rings is 1. The van der Waals surface area contributed by atoms with Crippen molar-refractivity contribution in [3.63, 3.8) is 0 Å². The Labute approximate surface area is 194 Å². The lowest BCUT2D eigenvalue weighted by Gasteiger charge is -2.29. The highest BCUT2D eigenvalue weighted by Gasteiger charge is 2.31. The first-order valence-corrected chi connectivity index (χ1v) is 10.9. The molecule has 1 fully saturated rings. The number of hydrogen-bond acceptors (Lipinski definition) is 6. The minimum absolute atomic E-state index is 0.000792. The van der Waals surface area contributed by atoms with Gasteiger partial charge in [-0.05, 0) is 5.56 Å². The number of benzene rings is 2. The maximum absolute atomic E-state index is 15.4. The molecule has 174 valence electrons. The zero-order valence-corrected chi connectivity index (χ0v) is 18.1. The Hall–Kier alpha value is -3.72. The number of anilines is 2. The van der Waals surface area contributed by atoms with Crippen LogP contribution in [-0.4, -0.2) is 48.9 Å². The average molecular weight is 466 g/mol. The van der Waals surface area contributed by atoms with Crippen molar-refractivity contribution in [3.05, 3.63) is 88.9 Å². The van der Waals surface area contributed by atoms with Gasteiger partial charge in [-0.25, -0.2) is 4.39 Å². The number of ether oxygens (including phenoxy) is 1. The number of pyridine rings is 1. The lowest BCUT2D eigenvalue weighted by molar-refractivity contribution is -0.118. The van der Waals surface area contributed by atoms with E-state index in [4.69, 9.17) is 4.74 Å². The molecule has 2 aliphatic heterocycles. The number of fused-ring (bicyclic) bond motifs is 1. The molecule has 0 radical (unpaired) electrons. The van der Waals surface area contributed by atoms with Crippen LogP contribution in [0.5, 0.6) is 0 Å². The molecule has 0 amide bonds. The smallest absolute Gasteiger partial charge is 0.253 e. The molecule has 9 heteroatoms. The molecular weight excluding hydrogens is 445 g/mol. The van der Waals surface area contributed by atoms with Crippen LogP contribution in [-0.2, 0) is 16.0 Å². The summed E-state index contributed by atoms with van der Waals surface area (Å²) in [6, 6.07) is 16.5. The second-order valence-corrected chi connectivity index (χ2v) is 8.02. The molecule has 0 bridgehead atoms. The molecule has 3 aromatic rings. The highest BCUT2D eigenvalue weighted by Crippen LogP contribution is 2.30. The van der Waals surface area contributed by atoms with Gasteiger partial charge >= 0.3 is 0 Å². The van der Waals surface area contributed by atoms with E-state index in [0.717, 1.165) is 16.7 Å². The number of carbonyl (C=O) groups excluding carboxylic acids is 1. The molecule has 1 N–H and O–H groups in total. The summed E-state index contributed by atoms with van der Waals surface area (Å²) in [4.78, 5) is 22.6. The Morgan fingerprint density at radius 3 is 2.41 bits per heavy atom. The van der Waals surface area contributed by atoms with E-state index < -0.39 is 35.2 Å². The second kappa shape index (κ2) is 9.26. The van der Waals surface area contributed by atoms with Crippen molar-refractivity contribution >= 4 is 23.0 Å². The van der Waals surface area contributed by atoms with Gasteiger partial charge in [-0.3, -0.25) is 9.79 Å². The highest BCUT2D eigenvalue weighted by atomic mass is 19.2. The fraction of sp³-hybridized carbons (Fsp3) is 0.240. The van der Waals surface area contributed by atoms with Crippen molar-refractivity contribution in [1.82, 2.24) is 4.98 Å². The predicted octanol–water partition coefficient (Wildman–Crippen LogP) is 3.74. The molecule has 0 saturated carbocycles. The number of rotatable bonds is 4. The van der Waals surface area contributed by atoms with Gasteiger partial charge in [-0.15, -0.1) is 0 Å². The van der Waals surface area contributed by atoms with Gasteiger partial charge in [0.2, 0.25) is 5.82 Å². The highest BCUT2D eigenvalue weighted by molar-refractivity contribution is 6.16. The summed E-state index contributed by atoms with van der Waals surface area (Å²) in [5, 5.41) is 2.54. The molecule has 34 heavy (non-hydrogen) atoms. The van der Waals surface area contributed by atoms with Crippen LogP contribution in [0.2, 0.25) is 0 Å². The van der Waals surface area contributed by atoms with Crippen LogP contribution < -0.4 is 10.2 Å². The quantitative estimate of drug-likeness (QED) is 0.594. The molecule has 1 saturated heterocycles. The van der Waals surface area contributed by atoms with Crippen LogP contribution in [0.25, 0.3) is 0 Å². The maximum Gasteiger partial charge on any atom is 0.253 e. The number of aromatic nitrogens is 1. The van der Waals surface area contributed by atoms with Gasteiger partial charge in [0.25, 0.3) is 5.95 Å². The molecule has 1 atom stereocenters. The van der Waals surface area contributed by atoms with Crippen molar-refractivity contribution < 1.29 is 22.7 Å². The summed E-state index contributed by atoms with van der Waals surface area (Å²) >= 11 is 0. The van der Waals surface area contributed by atoms with Gasteiger partial charge in [0.15, 0.2) is 23.6 Å². The third-order valence-electron chi connectivity index (χ3n) is 5.86. The summed E-state index contributed by atoms with van der Waals surface area (Å²) in [5.74, 6) is -4.77. The first kappa shape index (κ1) is 22.1. The van der Waals surface area contributed by atoms with Gasteiger partial charge in [0.05, 0.1) is 18.9 Å². The molecule has 3 heterocycles. The Morgan fingerprint density at radius 2 is 1.65 bits per heavy atom. The number of nitrogens with zero attached hydrogens (tertiary/aromatic N) is 3. The fourth-order valence-corrected chi connectivity index (χ4v) is 4.15. The van der Waals surface area contributed by atoms with E-state index in [1.54, 1.807) is 0 Å². The van der Waals surface area contributed by atoms with Crippen LogP contribution in [0.4, 0.5) is 24.7 Å². The van der Waals surface area contributed by atoms with Gasteiger partial charge in [0, 0.05) is 30.6 Å². The molecule has 0 aliphatic carbocycles. The monoisotopic (exact) mass is 466 g/mol. The maximum atomic E-state index is 15.4. The van der Waals surface area contributed by atoms with Crippen LogP contribution in [0, 0.1) is 17.6 Å². The standard InChI is InChI=1S/C25H21F3N4O2/c26-19-22(20(27)25(31-23(19)28)32-10-12-34-13-11-32)30-24-18(33)14-16-8-4-5-9-17(16)21(29-24)15-6-2-1-3-7-15/h1-9,24H,10-14H2,(H,30,31). The van der Waals surface area contributed by atoms with Crippen LogP contribution >= 0.6 is 0 Å². The lowest BCUT2D eigenvalue weighted by Crippen LogP contribution is -2.38. The van der Waals surface area contributed by atoms with Gasteiger partial charge in [0.1, 0.15) is 5.69 Å². The first-order chi connectivity index (χ1) is 16.5. The van der Waals surface area contributed by atoms with Crippen LogP contribution in [0.1, 0.15) is 16.7 Å². The number of halogens is 3. The Kier molecular flexibility index (Phi) is 6.02. The van der Waals surface area contributed by atoms with E-state index in [1.807, 2.05) is 54.6 Å². The number of hydrogen-bond donors (Lipinski definition) is 1. The van der Waals surface area contributed by atoms with Gasteiger partial charge < -0.3 is 15.0 Å². The SMILES string of the molecule is O=C1Cc2ccccc2C(c2ccccc2)=NC1Nc1c(F)c(F)nc(N2CCOCC2)c1F. The van der Waals surface area contributed by atoms with Crippen molar-refractivity contribution in [2.75, 3.05) is 36.5 Å². The minimum Gasteiger partial charge on any atom is -0.378 e. The fourth-order valence-electron chi connectivity index (χ4n) is 4.15. The number of aliphatic imine (C=N–C) groups is 1.